The summed E-state index contributed by atoms with van der Waals surface area (Å²) in [4.78, 5) is 0. The van der Waals surface area contributed by atoms with Crippen molar-refractivity contribution in [3.05, 3.63) is 60.0 Å². The molecule has 1 aromatic heterocycles. The third-order valence-electron chi connectivity index (χ3n) is 3.33. The first-order valence-electron chi connectivity index (χ1n) is 6.36. The molecule has 0 atom stereocenters. The number of aromatic nitrogens is 1. The fraction of sp³-hybridized carbons (Fsp3) is 0.125. The van der Waals surface area contributed by atoms with E-state index in [-0.39, 0.29) is 5.82 Å². The van der Waals surface area contributed by atoms with Crippen molar-refractivity contribution in [3.8, 4) is 5.75 Å². The lowest BCUT2D eigenvalue weighted by atomic mass is 10.1. The Morgan fingerprint density at radius 3 is 2.65 bits per heavy atom. The largest absolute Gasteiger partial charge is 0.489 e. The highest BCUT2D eigenvalue weighted by molar-refractivity contribution is 5.94. The molecule has 0 unspecified atom stereocenters. The summed E-state index contributed by atoms with van der Waals surface area (Å²) in [5.74, 6) is 0.365. The molecule has 0 spiro atoms. The van der Waals surface area contributed by atoms with E-state index < -0.39 is 0 Å². The van der Waals surface area contributed by atoms with Crippen molar-refractivity contribution >= 4 is 16.6 Å². The number of nitrogens with two attached hydrogens (primary N) is 1. The van der Waals surface area contributed by atoms with E-state index in [9.17, 15) is 4.39 Å². The topological polar surface area (TPSA) is 40.2 Å². The minimum Gasteiger partial charge on any atom is -0.489 e. The minimum atomic E-state index is -0.272. The summed E-state index contributed by atoms with van der Waals surface area (Å²) in [7, 11) is 1.98. The first kappa shape index (κ1) is 12.5. The smallest absolute Gasteiger partial charge is 0.123 e. The van der Waals surface area contributed by atoms with Gasteiger partial charge in [-0.15, -0.1) is 0 Å². The molecule has 0 saturated carbocycles. The molecule has 0 aliphatic carbocycles. The zero-order valence-electron chi connectivity index (χ0n) is 11.1. The quantitative estimate of drug-likeness (QED) is 0.740. The van der Waals surface area contributed by atoms with Gasteiger partial charge < -0.3 is 15.0 Å². The predicted molar refractivity (Wildman–Crippen MR) is 78.1 cm³/mol. The van der Waals surface area contributed by atoms with Crippen LogP contribution in [0, 0.1) is 5.82 Å². The lowest BCUT2D eigenvalue weighted by molar-refractivity contribution is 0.307. The summed E-state index contributed by atoms with van der Waals surface area (Å²) in [6.45, 7) is 0.400. The average Bonchev–Trinajstić information content (AvgIpc) is 2.77. The number of hydrogen-bond acceptors (Lipinski definition) is 2. The monoisotopic (exact) mass is 270 g/mol. The highest BCUT2D eigenvalue weighted by atomic mass is 19.1. The van der Waals surface area contributed by atoms with Crippen LogP contribution in [0.2, 0.25) is 0 Å². The third kappa shape index (κ3) is 2.20. The van der Waals surface area contributed by atoms with Crippen LogP contribution in [0.15, 0.2) is 48.7 Å². The van der Waals surface area contributed by atoms with E-state index in [1.807, 2.05) is 36.0 Å². The fourth-order valence-electron chi connectivity index (χ4n) is 2.37. The molecular formula is C16H15FN2O. The number of halogens is 1. The second-order valence-electron chi connectivity index (χ2n) is 4.75. The number of nitrogen functional groups attached to an aromatic ring is 1. The van der Waals surface area contributed by atoms with Gasteiger partial charge >= 0.3 is 0 Å². The van der Waals surface area contributed by atoms with Gasteiger partial charge in [-0.25, -0.2) is 4.39 Å². The summed E-state index contributed by atoms with van der Waals surface area (Å²) in [5, 5.41) is 1.01. The summed E-state index contributed by atoms with van der Waals surface area (Å²) in [5.41, 5.74) is 8.87. The Morgan fingerprint density at radius 1 is 1.15 bits per heavy atom. The maximum Gasteiger partial charge on any atom is 0.123 e. The van der Waals surface area contributed by atoms with Gasteiger partial charge in [0, 0.05) is 29.9 Å². The minimum absolute atomic E-state index is 0.272. The third-order valence-corrected chi connectivity index (χ3v) is 3.33. The van der Waals surface area contributed by atoms with Gasteiger partial charge in [0.05, 0.1) is 5.52 Å². The van der Waals surface area contributed by atoms with Crippen molar-refractivity contribution in [1.82, 2.24) is 4.57 Å². The molecule has 3 aromatic rings. The van der Waals surface area contributed by atoms with Gasteiger partial charge in [0.25, 0.3) is 0 Å². The van der Waals surface area contributed by atoms with Crippen LogP contribution in [0.25, 0.3) is 10.9 Å². The first-order valence-corrected chi connectivity index (χ1v) is 6.36. The summed E-state index contributed by atoms with van der Waals surface area (Å²) in [6, 6.07) is 11.8. The van der Waals surface area contributed by atoms with Gasteiger partial charge in [0.1, 0.15) is 18.2 Å². The van der Waals surface area contributed by atoms with Gasteiger partial charge in [0.15, 0.2) is 0 Å². The number of aryl methyl sites for hydroxylation is 1. The Hall–Kier alpha value is -2.49. The molecular weight excluding hydrogens is 255 g/mol. The molecule has 0 bridgehead atoms. The van der Waals surface area contributed by atoms with Crippen LogP contribution in [0.4, 0.5) is 10.1 Å². The van der Waals surface area contributed by atoms with E-state index >= 15 is 0 Å². The maximum atomic E-state index is 12.8. The van der Waals surface area contributed by atoms with Gasteiger partial charge in [-0.2, -0.15) is 0 Å². The molecule has 102 valence electrons. The molecule has 0 aliphatic heterocycles. The second-order valence-corrected chi connectivity index (χ2v) is 4.75. The lowest BCUT2D eigenvalue weighted by Crippen LogP contribution is -1.96. The molecule has 0 fully saturated rings. The predicted octanol–water partition coefficient (Wildman–Crippen LogP) is 3.48. The van der Waals surface area contributed by atoms with E-state index in [1.165, 1.54) is 12.1 Å². The van der Waals surface area contributed by atoms with E-state index in [0.29, 0.717) is 12.4 Å². The Balaban J connectivity index is 1.89. The molecule has 3 rings (SSSR count). The van der Waals surface area contributed by atoms with Crippen molar-refractivity contribution in [3.63, 3.8) is 0 Å². The van der Waals surface area contributed by atoms with Crippen molar-refractivity contribution in [2.24, 2.45) is 7.05 Å². The number of fused-ring (bicyclic) bond motifs is 1. The number of rotatable bonds is 3. The van der Waals surface area contributed by atoms with Crippen LogP contribution in [0.3, 0.4) is 0 Å². The normalized spacial score (nSPS) is 10.9. The van der Waals surface area contributed by atoms with Gasteiger partial charge in [-0.1, -0.05) is 6.07 Å². The molecule has 0 aliphatic rings. The lowest BCUT2D eigenvalue weighted by Gasteiger charge is -2.06. The molecule has 3 nitrogen and oxygen atoms in total. The van der Waals surface area contributed by atoms with E-state index in [0.717, 1.165) is 22.2 Å². The molecule has 2 N–H and O–H groups in total. The number of benzene rings is 2. The van der Waals surface area contributed by atoms with Gasteiger partial charge in [-0.3, -0.25) is 0 Å². The van der Waals surface area contributed by atoms with Gasteiger partial charge in [0.2, 0.25) is 0 Å². The highest BCUT2D eigenvalue weighted by Gasteiger charge is 2.09. The van der Waals surface area contributed by atoms with Crippen molar-refractivity contribution in [1.29, 1.82) is 0 Å². The Bertz CT molecular complexity index is 747. The van der Waals surface area contributed by atoms with Crippen LogP contribution in [0.1, 0.15) is 5.56 Å². The Morgan fingerprint density at radius 2 is 1.90 bits per heavy atom. The molecule has 1 heterocycles. The molecule has 0 amide bonds. The number of ether oxygens (including phenoxy) is 1. The van der Waals surface area contributed by atoms with Crippen molar-refractivity contribution < 1.29 is 9.13 Å². The van der Waals surface area contributed by atoms with Crippen LogP contribution in [-0.4, -0.2) is 4.57 Å². The van der Waals surface area contributed by atoms with Crippen LogP contribution in [-0.2, 0) is 13.7 Å². The zero-order chi connectivity index (χ0) is 14.1. The first-order chi connectivity index (χ1) is 9.65. The summed E-state index contributed by atoms with van der Waals surface area (Å²) in [6.07, 6.45) is 2.00. The second kappa shape index (κ2) is 4.89. The van der Waals surface area contributed by atoms with Crippen LogP contribution < -0.4 is 10.5 Å². The standard InChI is InChI=1S/C16H15FN2O/c1-19-9-11(16-14(18)3-2-4-15(16)19)10-20-13-7-5-12(17)6-8-13/h2-9H,10,18H2,1H3. The molecule has 0 saturated heterocycles. The average molecular weight is 270 g/mol. The summed E-state index contributed by atoms with van der Waals surface area (Å²) < 4.78 is 20.5. The Labute approximate surface area is 116 Å². The molecule has 2 aromatic carbocycles. The molecule has 0 radical (unpaired) electrons. The maximum absolute atomic E-state index is 12.8. The number of nitrogens with zero attached hydrogens (tertiary/aromatic N) is 1. The molecule has 20 heavy (non-hydrogen) atoms. The highest BCUT2D eigenvalue weighted by Crippen LogP contribution is 2.27. The molecule has 4 heteroatoms. The van der Waals surface area contributed by atoms with Crippen LogP contribution in [0.5, 0.6) is 5.75 Å². The zero-order valence-corrected chi connectivity index (χ0v) is 11.1. The van der Waals surface area contributed by atoms with E-state index in [1.54, 1.807) is 12.1 Å². The Kier molecular flexibility index (Phi) is 3.06. The fourth-order valence-corrected chi connectivity index (χ4v) is 2.37. The number of anilines is 1. The summed E-state index contributed by atoms with van der Waals surface area (Å²) >= 11 is 0. The van der Waals surface area contributed by atoms with Crippen LogP contribution >= 0.6 is 0 Å². The SMILES string of the molecule is Cn1cc(COc2ccc(F)cc2)c2c(N)cccc21. The van der Waals surface area contributed by atoms with E-state index in [4.69, 9.17) is 10.5 Å². The van der Waals surface area contributed by atoms with Crippen molar-refractivity contribution in [2.45, 2.75) is 6.61 Å². The van der Waals surface area contributed by atoms with Gasteiger partial charge in [-0.05, 0) is 36.4 Å². The number of hydrogen-bond donors (Lipinski definition) is 1. The van der Waals surface area contributed by atoms with Crippen molar-refractivity contribution in [2.75, 3.05) is 5.73 Å². The van der Waals surface area contributed by atoms with E-state index in [2.05, 4.69) is 0 Å².